The molecule has 2 aliphatic rings. The Bertz CT molecular complexity index is 825. The highest BCUT2D eigenvalue weighted by Gasteiger charge is 2.25. The predicted octanol–water partition coefficient (Wildman–Crippen LogP) is 4.68. The largest absolute Gasteiger partial charge is 0.352 e. The number of hydrogen-bond acceptors (Lipinski definition) is 5. The number of benzene rings is 1. The van der Waals surface area contributed by atoms with Crippen LogP contribution in [0.4, 0.5) is 5.69 Å². The lowest BCUT2D eigenvalue weighted by atomic mass is 9.84. The first-order valence-corrected chi connectivity index (χ1v) is 12.0. The van der Waals surface area contributed by atoms with Gasteiger partial charge in [-0.2, -0.15) is 0 Å². The van der Waals surface area contributed by atoms with Gasteiger partial charge < -0.3 is 5.32 Å². The van der Waals surface area contributed by atoms with Crippen LogP contribution in [0.3, 0.4) is 0 Å². The minimum absolute atomic E-state index is 0.00433. The first-order chi connectivity index (χ1) is 14.7. The summed E-state index contributed by atoms with van der Waals surface area (Å²) in [5.74, 6) is 0.206. The summed E-state index contributed by atoms with van der Waals surface area (Å²) >= 11 is 1.14. The summed E-state index contributed by atoms with van der Waals surface area (Å²) in [6.07, 6.45) is 12.0. The predicted molar refractivity (Wildman–Crippen MR) is 119 cm³/mol. The van der Waals surface area contributed by atoms with E-state index in [9.17, 15) is 9.59 Å². The molecule has 2 aromatic rings. The number of hydrogen-bond donors (Lipinski definition) is 1. The Morgan fingerprint density at radius 1 is 0.967 bits per heavy atom. The van der Waals surface area contributed by atoms with E-state index in [4.69, 9.17) is 0 Å². The average Bonchev–Trinajstić information content (AvgIpc) is 3.34. The van der Waals surface area contributed by atoms with Gasteiger partial charge >= 0.3 is 0 Å². The van der Waals surface area contributed by atoms with Crippen LogP contribution in [0.25, 0.3) is 0 Å². The number of anilines is 1. The van der Waals surface area contributed by atoms with Crippen LogP contribution in [0.5, 0.6) is 0 Å². The van der Waals surface area contributed by atoms with Gasteiger partial charge in [-0.3, -0.25) is 14.5 Å². The van der Waals surface area contributed by atoms with Crippen LogP contribution in [-0.4, -0.2) is 34.0 Å². The van der Waals surface area contributed by atoms with Crippen LogP contribution in [0.2, 0.25) is 0 Å². The van der Waals surface area contributed by atoms with E-state index in [-0.39, 0.29) is 30.1 Å². The van der Waals surface area contributed by atoms with E-state index in [1.807, 2.05) is 12.1 Å². The fraction of sp³-hybridized carbons (Fsp3) is 0.565. The molecular weight excluding hydrogens is 396 g/mol. The molecule has 1 aromatic carbocycles. The second-order valence-electron chi connectivity index (χ2n) is 8.51. The molecule has 2 amide bonds. The molecule has 7 heteroatoms. The molecule has 2 aliphatic carbocycles. The minimum atomic E-state index is -0.284. The van der Waals surface area contributed by atoms with Gasteiger partial charge in [0.05, 0.1) is 0 Å². The van der Waals surface area contributed by atoms with Crippen molar-refractivity contribution in [3.63, 3.8) is 0 Å². The number of amides is 2. The molecule has 1 N–H and O–H groups in total. The van der Waals surface area contributed by atoms with Crippen LogP contribution in [0.1, 0.15) is 86.2 Å². The lowest BCUT2D eigenvalue weighted by Gasteiger charge is -2.26. The van der Waals surface area contributed by atoms with E-state index in [0.29, 0.717) is 5.92 Å². The average molecular weight is 427 g/mol. The Morgan fingerprint density at radius 3 is 2.27 bits per heavy atom. The summed E-state index contributed by atoms with van der Waals surface area (Å²) in [5, 5.41) is 8.67. The van der Waals surface area contributed by atoms with Crippen LogP contribution >= 0.6 is 11.5 Å². The van der Waals surface area contributed by atoms with E-state index in [1.165, 1.54) is 49.0 Å². The molecule has 0 unspecified atom stereocenters. The number of rotatable bonds is 6. The maximum atomic E-state index is 13.1. The number of nitrogens with one attached hydrogen (secondary N) is 1. The number of carbonyl (C=O) groups is 2. The van der Waals surface area contributed by atoms with Crippen molar-refractivity contribution in [3.8, 4) is 0 Å². The molecule has 2 fully saturated rings. The lowest BCUT2D eigenvalue weighted by Crippen LogP contribution is -2.45. The summed E-state index contributed by atoms with van der Waals surface area (Å²) in [5.41, 5.74) is 2.33. The topological polar surface area (TPSA) is 75.2 Å². The van der Waals surface area contributed by atoms with Crippen molar-refractivity contribution in [1.29, 1.82) is 0 Å². The van der Waals surface area contributed by atoms with Gasteiger partial charge in [0.2, 0.25) is 5.91 Å². The Balaban J connectivity index is 1.49. The molecule has 0 atom stereocenters. The first-order valence-electron chi connectivity index (χ1n) is 11.2. The Morgan fingerprint density at radius 2 is 1.63 bits per heavy atom. The Hall–Kier alpha value is -2.28. The summed E-state index contributed by atoms with van der Waals surface area (Å²) in [4.78, 5) is 27.3. The van der Waals surface area contributed by atoms with E-state index in [1.54, 1.807) is 5.38 Å². The highest BCUT2D eigenvalue weighted by atomic mass is 32.1. The quantitative estimate of drug-likeness (QED) is 0.728. The molecule has 0 saturated heterocycles. The summed E-state index contributed by atoms with van der Waals surface area (Å²) in [6.45, 7) is -0.00433. The third-order valence-corrected chi connectivity index (χ3v) is 6.88. The zero-order chi connectivity index (χ0) is 20.8. The number of nitrogens with zero attached hydrogens (tertiary/aromatic N) is 3. The molecule has 1 aromatic heterocycles. The van der Waals surface area contributed by atoms with E-state index < -0.39 is 0 Å². The minimum Gasteiger partial charge on any atom is -0.352 e. The summed E-state index contributed by atoms with van der Waals surface area (Å²) in [7, 11) is 0. The standard InChI is InChI=1S/C23H30N4O2S/c28-22(24-19-9-5-2-6-10-19)15-27(23(29)21-16-30-26-25-21)20-13-11-18(12-14-20)17-7-3-1-4-8-17/h11-14,16-17,19H,1-10,15H2,(H,24,28). The fourth-order valence-corrected chi connectivity index (χ4v) is 5.13. The molecule has 160 valence electrons. The van der Waals surface area contributed by atoms with Crippen molar-refractivity contribution in [2.24, 2.45) is 0 Å². The van der Waals surface area contributed by atoms with Gasteiger partial charge in [-0.05, 0) is 60.8 Å². The van der Waals surface area contributed by atoms with Gasteiger partial charge in [0.15, 0.2) is 5.69 Å². The van der Waals surface area contributed by atoms with Gasteiger partial charge in [-0.25, -0.2) is 0 Å². The maximum absolute atomic E-state index is 13.1. The van der Waals surface area contributed by atoms with Crippen LogP contribution < -0.4 is 10.2 Å². The van der Waals surface area contributed by atoms with Crippen molar-refractivity contribution in [3.05, 3.63) is 40.9 Å². The number of aromatic nitrogens is 2. The molecule has 1 heterocycles. The van der Waals surface area contributed by atoms with Crippen molar-refractivity contribution >= 4 is 29.0 Å². The van der Waals surface area contributed by atoms with Gasteiger partial charge in [0.1, 0.15) is 6.54 Å². The van der Waals surface area contributed by atoms with Crippen molar-refractivity contribution < 1.29 is 9.59 Å². The maximum Gasteiger partial charge on any atom is 0.280 e. The van der Waals surface area contributed by atoms with Crippen LogP contribution in [0.15, 0.2) is 29.6 Å². The van der Waals surface area contributed by atoms with Crippen molar-refractivity contribution in [1.82, 2.24) is 14.9 Å². The second kappa shape index (κ2) is 10.2. The molecule has 4 rings (SSSR count). The molecule has 2 saturated carbocycles. The van der Waals surface area contributed by atoms with Crippen LogP contribution in [0, 0.1) is 0 Å². The fourth-order valence-electron chi connectivity index (χ4n) is 4.70. The zero-order valence-electron chi connectivity index (χ0n) is 17.4. The lowest BCUT2D eigenvalue weighted by molar-refractivity contribution is -0.120. The van der Waals surface area contributed by atoms with Crippen molar-refractivity contribution in [2.45, 2.75) is 76.2 Å². The van der Waals surface area contributed by atoms with Gasteiger partial charge in [-0.15, -0.1) is 5.10 Å². The smallest absolute Gasteiger partial charge is 0.280 e. The van der Waals surface area contributed by atoms with Gasteiger partial charge in [0.25, 0.3) is 5.91 Å². The van der Waals surface area contributed by atoms with Gasteiger partial charge in [-0.1, -0.05) is 55.1 Å². The van der Waals surface area contributed by atoms with Crippen molar-refractivity contribution in [2.75, 3.05) is 11.4 Å². The monoisotopic (exact) mass is 426 g/mol. The third-order valence-electron chi connectivity index (χ3n) is 6.38. The molecule has 30 heavy (non-hydrogen) atoms. The molecular formula is C23H30N4O2S. The molecule has 0 aliphatic heterocycles. The Kier molecular flexibility index (Phi) is 7.10. The van der Waals surface area contributed by atoms with E-state index in [2.05, 4.69) is 27.0 Å². The Labute approximate surface area is 182 Å². The first kappa shape index (κ1) is 21.0. The molecule has 0 spiro atoms. The SMILES string of the molecule is O=C(CN(C(=O)c1csnn1)c1ccc(C2CCCCC2)cc1)NC1CCCCC1. The highest BCUT2D eigenvalue weighted by Crippen LogP contribution is 2.33. The van der Waals surface area contributed by atoms with E-state index >= 15 is 0 Å². The summed E-state index contributed by atoms with van der Waals surface area (Å²) in [6, 6.07) is 8.39. The summed E-state index contributed by atoms with van der Waals surface area (Å²) < 4.78 is 3.81. The zero-order valence-corrected chi connectivity index (χ0v) is 18.2. The van der Waals surface area contributed by atoms with Crippen LogP contribution in [-0.2, 0) is 4.79 Å². The molecule has 0 bridgehead atoms. The third kappa shape index (κ3) is 5.25. The highest BCUT2D eigenvalue weighted by molar-refractivity contribution is 7.03. The second-order valence-corrected chi connectivity index (χ2v) is 9.12. The number of carbonyl (C=O) groups excluding carboxylic acids is 2. The van der Waals surface area contributed by atoms with Gasteiger partial charge in [0, 0.05) is 17.1 Å². The molecule has 0 radical (unpaired) electrons. The normalized spacial score (nSPS) is 18.1. The van der Waals surface area contributed by atoms with E-state index in [0.717, 1.165) is 42.9 Å². The molecule has 6 nitrogen and oxygen atoms in total.